The Kier molecular flexibility index (Phi) is 6.15. The Morgan fingerprint density at radius 3 is 2.64 bits per heavy atom. The summed E-state index contributed by atoms with van der Waals surface area (Å²) in [6.45, 7) is 4.53. The monoisotopic (exact) mass is 404 g/mol. The molecule has 28 heavy (non-hydrogen) atoms. The first-order valence-electron chi connectivity index (χ1n) is 8.77. The minimum Gasteiger partial charge on any atom is -0.486 e. The second-order valence-electron chi connectivity index (χ2n) is 5.92. The lowest BCUT2D eigenvalue weighted by molar-refractivity contribution is -0.127. The quantitative estimate of drug-likeness (QED) is 0.743. The minimum atomic E-state index is -1.10. The lowest BCUT2D eigenvalue weighted by Crippen LogP contribution is -2.44. The van der Waals surface area contributed by atoms with Gasteiger partial charge in [-0.25, -0.2) is 9.59 Å². The fourth-order valence-electron chi connectivity index (χ4n) is 2.49. The van der Waals surface area contributed by atoms with Gasteiger partial charge in [0.25, 0.3) is 5.91 Å². The normalized spacial score (nSPS) is 13.4. The summed E-state index contributed by atoms with van der Waals surface area (Å²) in [5.74, 6) is 0.0327. The van der Waals surface area contributed by atoms with Crippen LogP contribution in [0.1, 0.15) is 23.5 Å². The molecule has 0 spiro atoms. The number of benzene rings is 1. The first kappa shape index (κ1) is 19.7. The molecule has 1 aromatic heterocycles. The molecular formula is C19H20N2O6S. The molecule has 1 unspecified atom stereocenters. The third-order valence-corrected chi connectivity index (χ3v) is 4.98. The van der Waals surface area contributed by atoms with Crippen molar-refractivity contribution in [3.63, 3.8) is 0 Å². The number of carbonyl (C=O) groups excluding carboxylic acids is 3. The zero-order valence-corrected chi connectivity index (χ0v) is 16.3. The highest BCUT2D eigenvalue weighted by Gasteiger charge is 2.22. The molecule has 2 heterocycles. The first-order chi connectivity index (χ1) is 13.5. The molecule has 0 fully saturated rings. The Hall–Kier alpha value is -3.07. The molecule has 1 aromatic carbocycles. The predicted octanol–water partition coefficient (Wildman–Crippen LogP) is 2.58. The molecule has 1 aliphatic rings. The van der Waals surface area contributed by atoms with Crippen molar-refractivity contribution >= 4 is 29.2 Å². The Morgan fingerprint density at radius 2 is 1.89 bits per heavy atom. The summed E-state index contributed by atoms with van der Waals surface area (Å²) in [4.78, 5) is 36.8. The van der Waals surface area contributed by atoms with Gasteiger partial charge < -0.3 is 19.5 Å². The van der Waals surface area contributed by atoms with E-state index >= 15 is 0 Å². The number of thiophene rings is 1. The second-order valence-corrected chi connectivity index (χ2v) is 7.00. The molecule has 0 aliphatic carbocycles. The molecule has 0 bridgehead atoms. The smallest absolute Gasteiger partial charge is 0.349 e. The fraction of sp³-hybridized carbons (Fsp3) is 0.316. The van der Waals surface area contributed by atoms with Crippen molar-refractivity contribution in [3.05, 3.63) is 35.2 Å². The fourth-order valence-corrected chi connectivity index (χ4v) is 3.38. The van der Waals surface area contributed by atoms with E-state index in [2.05, 4.69) is 10.6 Å². The first-order valence-corrected chi connectivity index (χ1v) is 9.59. The average molecular weight is 404 g/mol. The van der Waals surface area contributed by atoms with E-state index in [0.29, 0.717) is 36.1 Å². The van der Waals surface area contributed by atoms with Gasteiger partial charge in [-0.05, 0) is 49.7 Å². The van der Waals surface area contributed by atoms with Crippen molar-refractivity contribution in [3.8, 4) is 21.9 Å². The van der Waals surface area contributed by atoms with Crippen LogP contribution >= 0.6 is 11.3 Å². The van der Waals surface area contributed by atoms with Gasteiger partial charge >= 0.3 is 12.0 Å². The Labute approximate surface area is 165 Å². The SMILES string of the molecule is CCNC(=O)NC(=O)C(C)OC(=O)c1ccc(-c2ccc3c(c2)OCCO3)s1. The molecule has 1 atom stereocenters. The number of carbonyl (C=O) groups is 3. The second kappa shape index (κ2) is 8.75. The minimum absolute atomic E-state index is 0.350. The van der Waals surface area contributed by atoms with Crippen LogP contribution < -0.4 is 20.1 Å². The maximum Gasteiger partial charge on any atom is 0.349 e. The van der Waals surface area contributed by atoms with Crippen LogP contribution in [0.5, 0.6) is 11.5 Å². The zero-order chi connectivity index (χ0) is 20.1. The van der Waals surface area contributed by atoms with Crippen molar-refractivity contribution in [1.82, 2.24) is 10.6 Å². The number of urea groups is 1. The molecule has 0 saturated heterocycles. The largest absolute Gasteiger partial charge is 0.486 e. The van der Waals surface area contributed by atoms with Gasteiger partial charge in [0.05, 0.1) is 0 Å². The summed E-state index contributed by atoms with van der Waals surface area (Å²) in [6.07, 6.45) is -1.10. The van der Waals surface area contributed by atoms with E-state index in [0.717, 1.165) is 10.4 Å². The van der Waals surface area contributed by atoms with Crippen molar-refractivity contribution in [2.45, 2.75) is 20.0 Å². The van der Waals surface area contributed by atoms with Crippen LogP contribution in [0.3, 0.4) is 0 Å². The van der Waals surface area contributed by atoms with Gasteiger partial charge in [-0.1, -0.05) is 0 Å². The van der Waals surface area contributed by atoms with E-state index in [-0.39, 0.29) is 0 Å². The molecular weight excluding hydrogens is 384 g/mol. The number of esters is 1. The molecule has 0 radical (unpaired) electrons. The molecule has 0 saturated carbocycles. The molecule has 8 nitrogen and oxygen atoms in total. The highest BCUT2D eigenvalue weighted by Crippen LogP contribution is 2.37. The third-order valence-electron chi connectivity index (χ3n) is 3.86. The highest BCUT2D eigenvalue weighted by molar-refractivity contribution is 7.17. The van der Waals surface area contributed by atoms with Crippen molar-refractivity contribution in [2.24, 2.45) is 0 Å². The maximum absolute atomic E-state index is 12.3. The van der Waals surface area contributed by atoms with E-state index in [1.54, 1.807) is 19.1 Å². The number of nitrogens with one attached hydrogen (secondary N) is 2. The van der Waals surface area contributed by atoms with E-state index < -0.39 is 24.0 Å². The lowest BCUT2D eigenvalue weighted by atomic mass is 10.1. The van der Waals surface area contributed by atoms with Crippen LogP contribution in [0, 0.1) is 0 Å². The topological polar surface area (TPSA) is 103 Å². The molecule has 2 aromatic rings. The predicted molar refractivity (Wildman–Crippen MR) is 103 cm³/mol. The van der Waals surface area contributed by atoms with Gasteiger partial charge in [-0.3, -0.25) is 10.1 Å². The van der Waals surface area contributed by atoms with E-state index in [1.807, 2.05) is 18.2 Å². The average Bonchev–Trinajstić information content (AvgIpc) is 3.18. The van der Waals surface area contributed by atoms with Gasteiger partial charge in [0, 0.05) is 11.4 Å². The molecule has 148 valence electrons. The Morgan fingerprint density at radius 1 is 1.14 bits per heavy atom. The summed E-state index contributed by atoms with van der Waals surface area (Å²) in [6, 6.07) is 8.37. The number of imide groups is 1. The van der Waals surface area contributed by atoms with Gasteiger partial charge in [-0.2, -0.15) is 0 Å². The van der Waals surface area contributed by atoms with Crippen LogP contribution in [-0.2, 0) is 9.53 Å². The number of fused-ring (bicyclic) bond motifs is 1. The number of rotatable bonds is 5. The molecule has 3 rings (SSSR count). The van der Waals surface area contributed by atoms with E-state index in [1.165, 1.54) is 18.3 Å². The van der Waals surface area contributed by atoms with E-state index in [4.69, 9.17) is 14.2 Å². The van der Waals surface area contributed by atoms with E-state index in [9.17, 15) is 14.4 Å². The summed E-state index contributed by atoms with van der Waals surface area (Å²) in [7, 11) is 0. The Balaban J connectivity index is 1.64. The maximum atomic E-state index is 12.3. The summed E-state index contributed by atoms with van der Waals surface area (Å²) < 4.78 is 16.2. The summed E-state index contributed by atoms with van der Waals surface area (Å²) in [5.41, 5.74) is 0.885. The number of hydrogen-bond donors (Lipinski definition) is 2. The zero-order valence-electron chi connectivity index (χ0n) is 15.4. The number of ether oxygens (including phenoxy) is 3. The Bertz CT molecular complexity index is 894. The van der Waals surface area contributed by atoms with Gasteiger partial charge in [-0.15, -0.1) is 11.3 Å². The molecule has 1 aliphatic heterocycles. The van der Waals surface area contributed by atoms with Gasteiger partial charge in [0.1, 0.15) is 18.1 Å². The van der Waals surface area contributed by atoms with Gasteiger partial charge in [0.2, 0.25) is 0 Å². The van der Waals surface area contributed by atoms with Gasteiger partial charge in [0.15, 0.2) is 17.6 Å². The molecule has 9 heteroatoms. The summed E-state index contributed by atoms with van der Waals surface area (Å²) >= 11 is 1.24. The van der Waals surface area contributed by atoms with Crippen molar-refractivity contribution in [1.29, 1.82) is 0 Å². The standard InChI is InChI=1S/C19H20N2O6S/c1-3-20-19(24)21-17(22)11(2)27-18(23)16-7-6-15(28-16)12-4-5-13-14(10-12)26-9-8-25-13/h4-7,10-11H,3,8-9H2,1-2H3,(H2,20,21,22,24). The number of amides is 3. The van der Waals surface area contributed by atoms with Crippen LogP contribution in [-0.4, -0.2) is 43.8 Å². The summed E-state index contributed by atoms with van der Waals surface area (Å²) in [5, 5.41) is 4.54. The van der Waals surface area contributed by atoms with Crippen molar-refractivity contribution < 1.29 is 28.6 Å². The van der Waals surface area contributed by atoms with Crippen molar-refractivity contribution in [2.75, 3.05) is 19.8 Å². The number of hydrogen-bond acceptors (Lipinski definition) is 7. The van der Waals surface area contributed by atoms with Crippen LogP contribution in [0.4, 0.5) is 4.79 Å². The molecule has 2 N–H and O–H groups in total. The molecule has 3 amide bonds. The lowest BCUT2D eigenvalue weighted by Gasteiger charge is -2.18. The van der Waals surface area contributed by atoms with Crippen LogP contribution in [0.2, 0.25) is 0 Å². The highest BCUT2D eigenvalue weighted by atomic mass is 32.1. The third kappa shape index (κ3) is 4.61. The van der Waals surface area contributed by atoms with Crippen LogP contribution in [0.25, 0.3) is 10.4 Å². The van der Waals surface area contributed by atoms with Crippen LogP contribution in [0.15, 0.2) is 30.3 Å².